The first kappa shape index (κ1) is 12.9. The number of nitrogens with two attached hydrogens (primary N) is 1. The zero-order chi connectivity index (χ0) is 13.3. The van der Waals surface area contributed by atoms with Crippen LogP contribution < -0.4 is 5.73 Å². The summed E-state index contributed by atoms with van der Waals surface area (Å²) in [5, 5.41) is 4.21. The molecule has 0 unspecified atom stereocenters. The molecular formula is C11H11ClN2O3S. The van der Waals surface area contributed by atoms with Crippen LogP contribution >= 0.6 is 11.6 Å². The molecule has 2 aromatic rings. The van der Waals surface area contributed by atoms with Gasteiger partial charge in [0, 0.05) is 11.3 Å². The minimum atomic E-state index is -3.22. The Morgan fingerprint density at radius 3 is 2.78 bits per heavy atom. The van der Waals surface area contributed by atoms with E-state index in [-0.39, 0.29) is 17.3 Å². The van der Waals surface area contributed by atoms with Crippen molar-refractivity contribution >= 4 is 27.3 Å². The van der Waals surface area contributed by atoms with Gasteiger partial charge >= 0.3 is 0 Å². The third-order valence-electron chi connectivity index (χ3n) is 2.30. The Hall–Kier alpha value is -1.53. The van der Waals surface area contributed by atoms with Crippen LogP contribution in [-0.2, 0) is 15.6 Å². The largest absolute Gasteiger partial charge is 0.367 e. The predicted molar refractivity (Wildman–Crippen MR) is 69.9 cm³/mol. The molecule has 0 aliphatic carbocycles. The third kappa shape index (κ3) is 2.83. The van der Waals surface area contributed by atoms with Gasteiger partial charge in [-0.05, 0) is 17.7 Å². The van der Waals surface area contributed by atoms with Gasteiger partial charge in [0.2, 0.25) is 5.88 Å². The average Bonchev–Trinajstić information content (AvgIpc) is 2.57. The Bertz CT molecular complexity index is 679. The summed E-state index contributed by atoms with van der Waals surface area (Å²) in [6, 6.07) is 6.90. The molecule has 2 rings (SSSR count). The summed E-state index contributed by atoms with van der Waals surface area (Å²) in [6.07, 6.45) is 1.12. The lowest BCUT2D eigenvalue weighted by molar-refractivity contribution is 0.430. The Kier molecular flexibility index (Phi) is 3.32. The molecule has 0 bridgehead atoms. The quantitative estimate of drug-likeness (QED) is 0.934. The Morgan fingerprint density at radius 1 is 1.44 bits per heavy atom. The van der Waals surface area contributed by atoms with Gasteiger partial charge in [-0.15, -0.1) is 0 Å². The molecule has 2 N–H and O–H groups in total. The molecule has 0 saturated carbocycles. The molecular weight excluding hydrogens is 276 g/mol. The zero-order valence-corrected chi connectivity index (χ0v) is 11.1. The SMILES string of the molecule is CS(=O)(=O)Cc1noc(N)c1-c1cccc(Cl)c1. The van der Waals surface area contributed by atoms with Crippen molar-refractivity contribution < 1.29 is 12.9 Å². The maximum Gasteiger partial charge on any atom is 0.230 e. The van der Waals surface area contributed by atoms with E-state index in [4.69, 9.17) is 21.9 Å². The lowest BCUT2D eigenvalue weighted by Crippen LogP contribution is -2.02. The van der Waals surface area contributed by atoms with Crippen molar-refractivity contribution in [2.75, 3.05) is 12.0 Å². The Morgan fingerprint density at radius 2 is 2.17 bits per heavy atom. The number of rotatable bonds is 3. The number of benzene rings is 1. The number of sulfone groups is 1. The van der Waals surface area contributed by atoms with Crippen molar-refractivity contribution in [3.63, 3.8) is 0 Å². The van der Waals surface area contributed by atoms with E-state index in [1.165, 1.54) is 0 Å². The van der Waals surface area contributed by atoms with E-state index in [9.17, 15) is 8.42 Å². The van der Waals surface area contributed by atoms with Crippen LogP contribution in [0.1, 0.15) is 5.69 Å². The van der Waals surface area contributed by atoms with Gasteiger partial charge in [0.15, 0.2) is 9.84 Å². The molecule has 1 aromatic carbocycles. The number of aromatic nitrogens is 1. The molecule has 0 saturated heterocycles. The van der Waals surface area contributed by atoms with Gasteiger partial charge < -0.3 is 10.3 Å². The minimum Gasteiger partial charge on any atom is -0.367 e. The lowest BCUT2D eigenvalue weighted by atomic mass is 10.1. The minimum absolute atomic E-state index is 0.0796. The first-order valence-electron chi connectivity index (χ1n) is 5.04. The summed E-state index contributed by atoms with van der Waals surface area (Å²) in [5.74, 6) is -0.147. The van der Waals surface area contributed by atoms with E-state index in [1.807, 2.05) is 0 Å². The highest BCUT2D eigenvalue weighted by molar-refractivity contribution is 7.89. The maximum atomic E-state index is 11.3. The lowest BCUT2D eigenvalue weighted by Gasteiger charge is -2.02. The smallest absolute Gasteiger partial charge is 0.230 e. The fourth-order valence-corrected chi connectivity index (χ4v) is 2.52. The number of hydrogen-bond donors (Lipinski definition) is 1. The summed E-state index contributed by atoms with van der Waals surface area (Å²) in [5.41, 5.74) is 7.12. The van der Waals surface area contributed by atoms with Crippen LogP contribution in [0, 0.1) is 0 Å². The molecule has 0 fully saturated rings. The fraction of sp³-hybridized carbons (Fsp3) is 0.182. The molecule has 1 heterocycles. The van der Waals surface area contributed by atoms with Crippen molar-refractivity contribution in [1.29, 1.82) is 0 Å². The number of nitrogen functional groups attached to an aromatic ring is 1. The van der Waals surface area contributed by atoms with E-state index >= 15 is 0 Å². The molecule has 96 valence electrons. The molecule has 0 aliphatic rings. The van der Waals surface area contributed by atoms with Crippen molar-refractivity contribution in [1.82, 2.24) is 5.16 Å². The normalized spacial score (nSPS) is 11.7. The van der Waals surface area contributed by atoms with Crippen LogP contribution in [0.25, 0.3) is 11.1 Å². The highest BCUT2D eigenvalue weighted by Gasteiger charge is 2.19. The number of anilines is 1. The monoisotopic (exact) mass is 286 g/mol. The Balaban J connectivity index is 2.54. The number of halogens is 1. The van der Waals surface area contributed by atoms with Crippen molar-refractivity contribution in [2.45, 2.75) is 5.75 Å². The standard InChI is InChI=1S/C11H11ClN2O3S/c1-18(15,16)6-9-10(11(13)17-14-9)7-3-2-4-8(12)5-7/h2-5H,6,13H2,1H3. The summed E-state index contributed by atoms with van der Waals surface area (Å²) in [4.78, 5) is 0. The molecule has 0 atom stereocenters. The third-order valence-corrected chi connectivity index (χ3v) is 3.33. The fourth-order valence-electron chi connectivity index (χ4n) is 1.64. The van der Waals surface area contributed by atoms with Gasteiger partial charge in [-0.3, -0.25) is 0 Å². The van der Waals surface area contributed by atoms with Crippen LogP contribution in [0.4, 0.5) is 5.88 Å². The van der Waals surface area contributed by atoms with Crippen molar-refractivity contribution in [3.8, 4) is 11.1 Å². The second-order valence-electron chi connectivity index (χ2n) is 3.95. The van der Waals surface area contributed by atoms with Crippen molar-refractivity contribution in [2.24, 2.45) is 0 Å². The van der Waals surface area contributed by atoms with Crippen LogP contribution in [-0.4, -0.2) is 19.8 Å². The molecule has 0 amide bonds. The average molecular weight is 287 g/mol. The van der Waals surface area contributed by atoms with E-state index in [1.54, 1.807) is 24.3 Å². The van der Waals surface area contributed by atoms with Crippen LogP contribution in [0.2, 0.25) is 5.02 Å². The van der Waals surface area contributed by atoms with Gasteiger partial charge in [-0.25, -0.2) is 8.42 Å². The molecule has 0 spiro atoms. The first-order chi connectivity index (χ1) is 8.37. The van der Waals surface area contributed by atoms with E-state index in [2.05, 4.69) is 5.16 Å². The second kappa shape index (κ2) is 4.62. The van der Waals surface area contributed by atoms with Gasteiger partial charge in [0.25, 0.3) is 0 Å². The zero-order valence-electron chi connectivity index (χ0n) is 9.55. The molecule has 1 aromatic heterocycles. The van der Waals surface area contributed by atoms with Gasteiger partial charge in [-0.1, -0.05) is 28.9 Å². The van der Waals surface area contributed by atoms with Crippen LogP contribution in [0.15, 0.2) is 28.8 Å². The first-order valence-corrected chi connectivity index (χ1v) is 7.48. The molecule has 18 heavy (non-hydrogen) atoms. The van der Waals surface area contributed by atoms with E-state index < -0.39 is 9.84 Å². The summed E-state index contributed by atoms with van der Waals surface area (Å²) in [6.45, 7) is 0. The van der Waals surface area contributed by atoms with Crippen molar-refractivity contribution in [3.05, 3.63) is 35.0 Å². The maximum absolute atomic E-state index is 11.3. The van der Waals surface area contributed by atoms with Crippen LogP contribution in [0.5, 0.6) is 0 Å². The van der Waals surface area contributed by atoms with Gasteiger partial charge in [0.1, 0.15) is 5.69 Å². The molecule has 7 heteroatoms. The van der Waals surface area contributed by atoms with Gasteiger partial charge in [-0.2, -0.15) is 0 Å². The van der Waals surface area contributed by atoms with Gasteiger partial charge in [0.05, 0.1) is 11.3 Å². The number of nitrogens with zero attached hydrogens (tertiary/aromatic N) is 1. The topological polar surface area (TPSA) is 86.2 Å². The van der Waals surface area contributed by atoms with Crippen LogP contribution in [0.3, 0.4) is 0 Å². The molecule has 0 radical (unpaired) electrons. The Labute approximate surface area is 109 Å². The van der Waals surface area contributed by atoms with E-state index in [0.717, 1.165) is 6.26 Å². The summed E-state index contributed by atoms with van der Waals surface area (Å²) in [7, 11) is -3.22. The predicted octanol–water partition coefficient (Wildman–Crippen LogP) is 2.12. The summed E-state index contributed by atoms with van der Waals surface area (Å²) < 4.78 is 27.5. The number of hydrogen-bond acceptors (Lipinski definition) is 5. The second-order valence-corrected chi connectivity index (χ2v) is 6.53. The van der Waals surface area contributed by atoms with E-state index in [0.29, 0.717) is 16.1 Å². The highest BCUT2D eigenvalue weighted by atomic mass is 35.5. The highest BCUT2D eigenvalue weighted by Crippen LogP contribution is 2.32. The molecule has 5 nitrogen and oxygen atoms in total. The molecule has 0 aliphatic heterocycles. The summed E-state index contributed by atoms with van der Waals surface area (Å²) >= 11 is 5.89.